The number of piperidine rings is 1. The van der Waals surface area contributed by atoms with E-state index in [1.54, 1.807) is 5.57 Å². The van der Waals surface area contributed by atoms with E-state index in [0.29, 0.717) is 12.3 Å². The molecule has 1 heterocycles. The maximum absolute atomic E-state index is 11.1. The molecule has 0 aromatic heterocycles. The Balaban J connectivity index is 0.00000264. The maximum Gasteiger partial charge on any atom is 0.217 e. The van der Waals surface area contributed by atoms with E-state index in [0.717, 1.165) is 44.9 Å². The Labute approximate surface area is 157 Å². The third-order valence-corrected chi connectivity index (χ3v) is 4.63. The highest BCUT2D eigenvalue weighted by molar-refractivity contribution is 14.0. The average molecular weight is 434 g/mol. The molecule has 5 nitrogen and oxygen atoms in total. The summed E-state index contributed by atoms with van der Waals surface area (Å²) >= 11 is 0. The fraction of sp³-hybridized carbons (Fsp3) is 0.765. The van der Waals surface area contributed by atoms with Gasteiger partial charge in [0, 0.05) is 33.1 Å². The lowest BCUT2D eigenvalue weighted by molar-refractivity contribution is -0.119. The number of carbonyl (C=O) groups excluding carboxylic acids is 1. The fourth-order valence-corrected chi connectivity index (χ4v) is 3.51. The van der Waals surface area contributed by atoms with Crippen molar-refractivity contribution in [2.24, 2.45) is 16.6 Å². The number of nitrogens with zero attached hydrogens (tertiary/aromatic N) is 2. The molecule has 132 valence electrons. The summed E-state index contributed by atoms with van der Waals surface area (Å²) in [5.41, 5.74) is 6.91. The van der Waals surface area contributed by atoms with Crippen LogP contribution in [0.15, 0.2) is 16.6 Å². The summed E-state index contributed by atoms with van der Waals surface area (Å²) in [7, 11) is 1.83. The number of amides is 1. The van der Waals surface area contributed by atoms with Crippen molar-refractivity contribution in [3.8, 4) is 0 Å². The largest absolute Gasteiger partial charge is 0.370 e. The van der Waals surface area contributed by atoms with Crippen LogP contribution in [0.1, 0.15) is 51.4 Å². The third-order valence-electron chi connectivity index (χ3n) is 4.63. The van der Waals surface area contributed by atoms with Crippen LogP contribution in [-0.2, 0) is 4.79 Å². The van der Waals surface area contributed by atoms with Gasteiger partial charge >= 0.3 is 0 Å². The Morgan fingerprint density at radius 1 is 1.43 bits per heavy atom. The second-order valence-electron chi connectivity index (χ2n) is 6.46. The number of rotatable bonds is 5. The number of guanidine groups is 1. The zero-order valence-corrected chi connectivity index (χ0v) is 16.6. The van der Waals surface area contributed by atoms with E-state index < -0.39 is 0 Å². The number of hydrogen-bond donors (Lipinski definition) is 2. The smallest absolute Gasteiger partial charge is 0.217 e. The minimum Gasteiger partial charge on any atom is -0.370 e. The monoisotopic (exact) mass is 434 g/mol. The fourth-order valence-electron chi connectivity index (χ4n) is 3.51. The van der Waals surface area contributed by atoms with Gasteiger partial charge in [0.05, 0.1) is 0 Å². The summed E-state index contributed by atoms with van der Waals surface area (Å²) in [6.45, 7) is 2.83. The lowest BCUT2D eigenvalue weighted by Crippen LogP contribution is -2.47. The SMILES string of the molecule is CN=C(NCCC1=CCCCC1)N1CCCC(CC(N)=O)C1.I. The van der Waals surface area contributed by atoms with Crippen LogP contribution in [0.4, 0.5) is 0 Å². The minimum absolute atomic E-state index is 0. The zero-order valence-electron chi connectivity index (χ0n) is 14.2. The van der Waals surface area contributed by atoms with Crippen LogP contribution in [0.3, 0.4) is 0 Å². The Hall–Kier alpha value is -0.790. The molecule has 23 heavy (non-hydrogen) atoms. The molecule has 0 aromatic rings. The first-order valence-electron chi connectivity index (χ1n) is 8.61. The van der Waals surface area contributed by atoms with E-state index >= 15 is 0 Å². The molecule has 1 aliphatic carbocycles. The summed E-state index contributed by atoms with van der Waals surface area (Å²) in [6.07, 6.45) is 11.4. The average Bonchev–Trinajstić information content (AvgIpc) is 2.52. The topological polar surface area (TPSA) is 70.7 Å². The molecule has 0 saturated carbocycles. The van der Waals surface area contributed by atoms with E-state index in [4.69, 9.17) is 5.73 Å². The van der Waals surface area contributed by atoms with Crippen LogP contribution in [0.25, 0.3) is 0 Å². The van der Waals surface area contributed by atoms with Crippen molar-refractivity contribution >= 4 is 35.8 Å². The zero-order chi connectivity index (χ0) is 15.8. The van der Waals surface area contributed by atoms with Crippen molar-refractivity contribution in [2.45, 2.75) is 51.4 Å². The molecule has 0 spiro atoms. The van der Waals surface area contributed by atoms with Crippen molar-refractivity contribution in [1.82, 2.24) is 10.2 Å². The molecule has 3 N–H and O–H groups in total. The second kappa shape index (κ2) is 10.9. The molecule has 1 fully saturated rings. The summed E-state index contributed by atoms with van der Waals surface area (Å²) < 4.78 is 0. The molecule has 1 amide bonds. The van der Waals surface area contributed by atoms with Gasteiger partial charge in [-0.3, -0.25) is 9.79 Å². The van der Waals surface area contributed by atoms with Crippen molar-refractivity contribution in [1.29, 1.82) is 0 Å². The van der Waals surface area contributed by atoms with Gasteiger partial charge in [0.25, 0.3) is 0 Å². The quantitative estimate of drug-likeness (QED) is 0.303. The summed E-state index contributed by atoms with van der Waals surface area (Å²) in [6, 6.07) is 0. The van der Waals surface area contributed by atoms with Gasteiger partial charge in [-0.2, -0.15) is 0 Å². The lowest BCUT2D eigenvalue weighted by Gasteiger charge is -2.34. The first-order valence-corrected chi connectivity index (χ1v) is 8.61. The highest BCUT2D eigenvalue weighted by Crippen LogP contribution is 2.20. The van der Waals surface area contributed by atoms with Crippen LogP contribution >= 0.6 is 24.0 Å². The Morgan fingerprint density at radius 2 is 2.26 bits per heavy atom. The van der Waals surface area contributed by atoms with Gasteiger partial charge < -0.3 is 16.0 Å². The predicted octanol–water partition coefficient (Wildman–Crippen LogP) is 2.66. The number of allylic oxidation sites excluding steroid dienone is 1. The normalized spacial score (nSPS) is 22.1. The standard InChI is InChI=1S/C17H30N4O.HI/c1-19-17(20-10-9-14-6-3-2-4-7-14)21-11-5-8-15(13-21)12-16(18)22;/h6,15H,2-5,7-13H2,1H3,(H2,18,22)(H,19,20);1H. The number of aliphatic imine (C=N–C) groups is 1. The first kappa shape index (κ1) is 20.3. The van der Waals surface area contributed by atoms with Gasteiger partial charge in [-0.25, -0.2) is 0 Å². The molecule has 1 saturated heterocycles. The Kier molecular flexibility index (Phi) is 9.59. The van der Waals surface area contributed by atoms with E-state index in [2.05, 4.69) is 21.3 Å². The third kappa shape index (κ3) is 7.10. The summed E-state index contributed by atoms with van der Waals surface area (Å²) in [5, 5.41) is 3.48. The van der Waals surface area contributed by atoms with Gasteiger partial charge in [-0.15, -0.1) is 24.0 Å². The number of nitrogens with two attached hydrogens (primary N) is 1. The molecule has 0 radical (unpaired) electrons. The van der Waals surface area contributed by atoms with Crippen LogP contribution in [0.5, 0.6) is 0 Å². The van der Waals surface area contributed by atoms with E-state index in [1.165, 1.54) is 25.7 Å². The molecule has 1 aliphatic heterocycles. The Morgan fingerprint density at radius 3 is 2.91 bits per heavy atom. The van der Waals surface area contributed by atoms with Crippen molar-refractivity contribution in [3.05, 3.63) is 11.6 Å². The second-order valence-corrected chi connectivity index (χ2v) is 6.46. The van der Waals surface area contributed by atoms with Crippen LogP contribution < -0.4 is 11.1 Å². The van der Waals surface area contributed by atoms with Crippen molar-refractivity contribution < 1.29 is 4.79 Å². The van der Waals surface area contributed by atoms with Gasteiger partial charge in [-0.05, 0) is 50.9 Å². The van der Waals surface area contributed by atoms with Gasteiger partial charge in [-0.1, -0.05) is 11.6 Å². The Bertz CT molecular complexity index is 436. The molecule has 2 aliphatic rings. The van der Waals surface area contributed by atoms with E-state index in [1.807, 2.05) is 7.05 Å². The molecular weight excluding hydrogens is 403 g/mol. The van der Waals surface area contributed by atoms with Crippen molar-refractivity contribution in [3.63, 3.8) is 0 Å². The molecule has 1 atom stereocenters. The van der Waals surface area contributed by atoms with Crippen LogP contribution in [0.2, 0.25) is 0 Å². The lowest BCUT2D eigenvalue weighted by atomic mass is 9.95. The molecule has 6 heteroatoms. The van der Waals surface area contributed by atoms with Gasteiger partial charge in [0.1, 0.15) is 0 Å². The van der Waals surface area contributed by atoms with E-state index in [-0.39, 0.29) is 29.9 Å². The van der Waals surface area contributed by atoms with Gasteiger partial charge in [0.15, 0.2) is 5.96 Å². The molecule has 1 unspecified atom stereocenters. The molecular formula is C17H31IN4O. The number of hydrogen-bond acceptors (Lipinski definition) is 2. The first-order chi connectivity index (χ1) is 10.7. The minimum atomic E-state index is -0.195. The van der Waals surface area contributed by atoms with Crippen LogP contribution in [0, 0.1) is 5.92 Å². The summed E-state index contributed by atoms with van der Waals surface area (Å²) in [5.74, 6) is 1.13. The van der Waals surface area contributed by atoms with E-state index in [9.17, 15) is 4.79 Å². The molecule has 0 aromatic carbocycles. The number of likely N-dealkylation sites (tertiary alicyclic amines) is 1. The highest BCUT2D eigenvalue weighted by atomic mass is 127. The molecule has 0 bridgehead atoms. The number of halogens is 1. The number of carbonyl (C=O) groups is 1. The maximum atomic E-state index is 11.1. The van der Waals surface area contributed by atoms with Crippen molar-refractivity contribution in [2.75, 3.05) is 26.7 Å². The number of primary amides is 1. The number of nitrogens with one attached hydrogen (secondary N) is 1. The van der Waals surface area contributed by atoms with Crippen LogP contribution in [-0.4, -0.2) is 43.4 Å². The van der Waals surface area contributed by atoms with Gasteiger partial charge in [0.2, 0.25) is 5.91 Å². The summed E-state index contributed by atoms with van der Waals surface area (Å²) in [4.78, 5) is 17.8. The highest BCUT2D eigenvalue weighted by Gasteiger charge is 2.23. The predicted molar refractivity (Wildman–Crippen MR) is 106 cm³/mol. The molecule has 2 rings (SSSR count).